The Morgan fingerprint density at radius 2 is 2.10 bits per heavy atom. The smallest absolute Gasteiger partial charge is 0.319 e. The Morgan fingerprint density at radius 1 is 1.40 bits per heavy atom. The lowest BCUT2D eigenvalue weighted by Gasteiger charge is -2.17. The van der Waals surface area contributed by atoms with E-state index in [1.54, 1.807) is 0 Å². The second-order valence-corrected chi connectivity index (χ2v) is 5.52. The molecule has 0 bridgehead atoms. The Labute approximate surface area is 126 Å². The zero-order chi connectivity index (χ0) is 15.1. The summed E-state index contributed by atoms with van der Waals surface area (Å²) in [7, 11) is 0. The molecular weight excluding hydrogens is 324 g/mol. The first-order valence-corrected chi connectivity index (χ1v) is 7.27. The number of hydrogen-bond acceptors (Lipinski definition) is 2. The normalized spacial score (nSPS) is 11.8. The fraction of sp³-hybridized carbons (Fsp3) is 0.429. The lowest BCUT2D eigenvalue weighted by atomic mass is 10.1. The fourth-order valence-corrected chi connectivity index (χ4v) is 2.21. The molecular formula is C14H19BrN2O3. The molecule has 1 aromatic rings. The Balaban J connectivity index is 2.65. The topological polar surface area (TPSA) is 78.4 Å². The van der Waals surface area contributed by atoms with E-state index in [1.807, 2.05) is 32.0 Å². The standard InChI is InChI=1S/C14H19BrN2O3/c1-3-4-10(8-13(18)19)16-14(20)17-12-7-9(2)5-6-11(12)15/h5-7,10H,3-4,8H2,1-2H3,(H,18,19)(H2,16,17,20). The maximum atomic E-state index is 11.9. The first-order chi connectivity index (χ1) is 9.42. The summed E-state index contributed by atoms with van der Waals surface area (Å²) >= 11 is 3.36. The maximum Gasteiger partial charge on any atom is 0.319 e. The van der Waals surface area contributed by atoms with E-state index in [9.17, 15) is 9.59 Å². The van der Waals surface area contributed by atoms with Crippen molar-refractivity contribution >= 4 is 33.6 Å². The number of benzene rings is 1. The van der Waals surface area contributed by atoms with Crippen LogP contribution in [0.15, 0.2) is 22.7 Å². The van der Waals surface area contributed by atoms with Crippen LogP contribution in [0.1, 0.15) is 31.7 Å². The number of anilines is 1. The minimum absolute atomic E-state index is 0.0732. The molecule has 0 aliphatic rings. The van der Waals surface area contributed by atoms with Crippen molar-refractivity contribution in [1.82, 2.24) is 5.32 Å². The van der Waals surface area contributed by atoms with Crippen molar-refractivity contribution in [2.45, 2.75) is 39.2 Å². The molecule has 1 unspecified atom stereocenters. The quantitative estimate of drug-likeness (QED) is 0.739. The van der Waals surface area contributed by atoms with Crippen molar-refractivity contribution < 1.29 is 14.7 Å². The second kappa shape index (κ2) is 7.89. The van der Waals surface area contributed by atoms with E-state index < -0.39 is 12.0 Å². The summed E-state index contributed by atoms with van der Waals surface area (Å²) < 4.78 is 0.781. The van der Waals surface area contributed by atoms with E-state index in [0.717, 1.165) is 16.5 Å². The Morgan fingerprint density at radius 3 is 2.70 bits per heavy atom. The van der Waals surface area contributed by atoms with Crippen molar-refractivity contribution in [1.29, 1.82) is 0 Å². The molecule has 0 fully saturated rings. The Hall–Kier alpha value is -1.56. The molecule has 1 aromatic carbocycles. The van der Waals surface area contributed by atoms with E-state index in [4.69, 9.17) is 5.11 Å². The van der Waals surface area contributed by atoms with Gasteiger partial charge in [-0.1, -0.05) is 19.4 Å². The van der Waals surface area contributed by atoms with Crippen LogP contribution in [0.25, 0.3) is 0 Å². The number of rotatable bonds is 6. The predicted octanol–water partition coefficient (Wildman–Crippen LogP) is 3.52. The molecule has 0 radical (unpaired) electrons. The Bertz CT molecular complexity index is 491. The van der Waals surface area contributed by atoms with Crippen molar-refractivity contribution in [2.24, 2.45) is 0 Å². The molecule has 0 aliphatic heterocycles. The van der Waals surface area contributed by atoms with Crippen molar-refractivity contribution in [3.63, 3.8) is 0 Å². The van der Waals surface area contributed by atoms with Gasteiger partial charge in [-0.2, -0.15) is 0 Å². The van der Waals surface area contributed by atoms with Crippen LogP contribution in [-0.4, -0.2) is 23.1 Å². The molecule has 110 valence electrons. The highest BCUT2D eigenvalue weighted by Crippen LogP contribution is 2.23. The highest BCUT2D eigenvalue weighted by Gasteiger charge is 2.15. The molecule has 0 heterocycles. The third-order valence-electron chi connectivity index (χ3n) is 2.76. The average molecular weight is 343 g/mol. The van der Waals surface area contributed by atoms with E-state index in [1.165, 1.54) is 0 Å². The number of carbonyl (C=O) groups excluding carboxylic acids is 1. The predicted molar refractivity (Wildman–Crippen MR) is 82.0 cm³/mol. The van der Waals surface area contributed by atoms with Crippen LogP contribution in [0.3, 0.4) is 0 Å². The van der Waals surface area contributed by atoms with Crippen molar-refractivity contribution in [3.8, 4) is 0 Å². The first-order valence-electron chi connectivity index (χ1n) is 6.47. The van der Waals surface area contributed by atoms with Gasteiger partial charge < -0.3 is 15.7 Å². The zero-order valence-electron chi connectivity index (χ0n) is 11.6. The lowest BCUT2D eigenvalue weighted by Crippen LogP contribution is -2.39. The number of urea groups is 1. The second-order valence-electron chi connectivity index (χ2n) is 4.67. The number of aliphatic carboxylic acids is 1. The first kappa shape index (κ1) is 16.5. The number of amides is 2. The summed E-state index contributed by atoms with van der Waals surface area (Å²) in [6.07, 6.45) is 1.37. The average Bonchev–Trinajstić information content (AvgIpc) is 2.33. The third kappa shape index (κ3) is 5.61. The minimum atomic E-state index is -0.916. The zero-order valence-corrected chi connectivity index (χ0v) is 13.2. The number of halogens is 1. The van der Waals surface area contributed by atoms with Gasteiger partial charge in [-0.05, 0) is 47.0 Å². The largest absolute Gasteiger partial charge is 0.481 e. The van der Waals surface area contributed by atoms with Crippen molar-refractivity contribution in [3.05, 3.63) is 28.2 Å². The third-order valence-corrected chi connectivity index (χ3v) is 3.45. The van der Waals surface area contributed by atoms with Crippen LogP contribution >= 0.6 is 15.9 Å². The van der Waals surface area contributed by atoms with E-state index >= 15 is 0 Å². The number of carboxylic acids is 1. The summed E-state index contributed by atoms with van der Waals surface area (Å²) in [4.78, 5) is 22.7. The molecule has 0 spiro atoms. The molecule has 2 amide bonds. The van der Waals surface area contributed by atoms with Gasteiger partial charge in [-0.15, -0.1) is 0 Å². The fourth-order valence-electron chi connectivity index (χ4n) is 1.86. The number of nitrogens with one attached hydrogen (secondary N) is 2. The molecule has 20 heavy (non-hydrogen) atoms. The monoisotopic (exact) mass is 342 g/mol. The van der Waals surface area contributed by atoms with Gasteiger partial charge >= 0.3 is 12.0 Å². The molecule has 1 atom stereocenters. The van der Waals surface area contributed by atoms with Crippen LogP contribution < -0.4 is 10.6 Å². The van der Waals surface area contributed by atoms with E-state index in [2.05, 4.69) is 26.6 Å². The molecule has 0 aliphatic carbocycles. The van der Waals surface area contributed by atoms with Gasteiger partial charge in [0.05, 0.1) is 12.1 Å². The van der Waals surface area contributed by atoms with Gasteiger partial charge in [0.15, 0.2) is 0 Å². The number of aryl methyl sites for hydroxylation is 1. The van der Waals surface area contributed by atoms with Gasteiger partial charge in [0, 0.05) is 10.5 Å². The summed E-state index contributed by atoms with van der Waals surface area (Å²) in [6.45, 7) is 3.88. The summed E-state index contributed by atoms with van der Waals surface area (Å²) in [6, 6.07) is 4.87. The van der Waals surface area contributed by atoms with Crippen LogP contribution in [0.4, 0.5) is 10.5 Å². The maximum absolute atomic E-state index is 11.9. The molecule has 0 aromatic heterocycles. The van der Waals surface area contributed by atoms with Gasteiger partial charge in [0.2, 0.25) is 0 Å². The van der Waals surface area contributed by atoms with E-state index in [0.29, 0.717) is 12.1 Å². The number of carboxylic acid groups (broad SMARTS) is 1. The molecule has 3 N–H and O–H groups in total. The van der Waals surface area contributed by atoms with Gasteiger partial charge in [0.25, 0.3) is 0 Å². The summed E-state index contributed by atoms with van der Waals surface area (Å²) in [5.74, 6) is -0.916. The summed E-state index contributed by atoms with van der Waals surface area (Å²) in [5, 5.41) is 14.2. The van der Waals surface area contributed by atoms with Crippen LogP contribution in [0, 0.1) is 6.92 Å². The van der Waals surface area contributed by atoms with Crippen molar-refractivity contribution in [2.75, 3.05) is 5.32 Å². The Kier molecular flexibility index (Phi) is 6.51. The van der Waals surface area contributed by atoms with Crippen LogP contribution in [0.5, 0.6) is 0 Å². The minimum Gasteiger partial charge on any atom is -0.481 e. The lowest BCUT2D eigenvalue weighted by molar-refractivity contribution is -0.137. The molecule has 0 saturated carbocycles. The van der Waals surface area contributed by atoms with Gasteiger partial charge in [-0.3, -0.25) is 4.79 Å². The van der Waals surface area contributed by atoms with Crippen LogP contribution in [0.2, 0.25) is 0 Å². The van der Waals surface area contributed by atoms with Gasteiger partial charge in [-0.25, -0.2) is 4.79 Å². The number of carbonyl (C=O) groups is 2. The number of hydrogen-bond donors (Lipinski definition) is 3. The van der Waals surface area contributed by atoms with E-state index in [-0.39, 0.29) is 12.5 Å². The molecule has 0 saturated heterocycles. The van der Waals surface area contributed by atoms with Gasteiger partial charge in [0.1, 0.15) is 0 Å². The van der Waals surface area contributed by atoms with Crippen LogP contribution in [-0.2, 0) is 4.79 Å². The summed E-state index contributed by atoms with van der Waals surface area (Å²) in [5.41, 5.74) is 1.69. The highest BCUT2D eigenvalue weighted by atomic mass is 79.9. The SMILES string of the molecule is CCCC(CC(=O)O)NC(=O)Nc1cc(C)ccc1Br. The molecule has 6 heteroatoms. The molecule has 5 nitrogen and oxygen atoms in total. The molecule has 1 rings (SSSR count). The highest BCUT2D eigenvalue weighted by molar-refractivity contribution is 9.10.